The summed E-state index contributed by atoms with van der Waals surface area (Å²) in [4.78, 5) is 14.0. The molecule has 0 aromatic heterocycles. The van der Waals surface area contributed by atoms with Gasteiger partial charge in [-0.2, -0.15) is 5.26 Å². The van der Waals surface area contributed by atoms with Gasteiger partial charge < -0.3 is 25.2 Å². The highest BCUT2D eigenvalue weighted by Crippen LogP contribution is 2.20. The van der Waals surface area contributed by atoms with Crippen LogP contribution in [0.2, 0.25) is 0 Å². The van der Waals surface area contributed by atoms with Gasteiger partial charge in [-0.15, -0.1) is 0 Å². The zero-order valence-electron chi connectivity index (χ0n) is 6.85. The minimum atomic E-state index is -1.84. The SMILES string of the molecule is O=C(OO)[C@@H]1O[C@H](O)[C@H](O)[C@H](O)C1O. The number of hydrogen-bond donors (Lipinski definition) is 5. The summed E-state index contributed by atoms with van der Waals surface area (Å²) in [6.07, 6.45) is -8.85. The molecule has 0 aliphatic carbocycles. The molecule has 0 saturated carbocycles. The Labute approximate surface area is 77.8 Å². The van der Waals surface area contributed by atoms with Crippen molar-refractivity contribution in [1.82, 2.24) is 0 Å². The van der Waals surface area contributed by atoms with Crippen LogP contribution in [-0.4, -0.2) is 62.4 Å². The van der Waals surface area contributed by atoms with E-state index in [0.717, 1.165) is 0 Å². The topological polar surface area (TPSA) is 137 Å². The van der Waals surface area contributed by atoms with Crippen molar-refractivity contribution in [1.29, 1.82) is 0 Å². The molecule has 14 heavy (non-hydrogen) atoms. The molecule has 0 aromatic carbocycles. The molecule has 0 spiro atoms. The van der Waals surface area contributed by atoms with Crippen molar-refractivity contribution >= 4 is 5.97 Å². The third-order valence-electron chi connectivity index (χ3n) is 1.91. The number of carbonyl (C=O) groups is 1. The molecule has 1 aliphatic heterocycles. The molecule has 1 rings (SSSR count). The lowest BCUT2D eigenvalue weighted by Gasteiger charge is -2.36. The van der Waals surface area contributed by atoms with Crippen molar-refractivity contribution in [3.05, 3.63) is 0 Å². The lowest BCUT2D eigenvalue weighted by atomic mass is 9.99. The first kappa shape index (κ1) is 11.3. The summed E-state index contributed by atoms with van der Waals surface area (Å²) in [7, 11) is 0. The molecule has 5 atom stereocenters. The molecule has 1 fully saturated rings. The maximum Gasteiger partial charge on any atom is 0.373 e. The van der Waals surface area contributed by atoms with Gasteiger partial charge in [0.05, 0.1) is 0 Å². The summed E-state index contributed by atoms with van der Waals surface area (Å²) in [6.45, 7) is 0. The van der Waals surface area contributed by atoms with Crippen molar-refractivity contribution in [2.45, 2.75) is 30.7 Å². The second kappa shape index (κ2) is 4.17. The van der Waals surface area contributed by atoms with Crippen LogP contribution >= 0.6 is 0 Å². The Balaban J connectivity index is 2.75. The van der Waals surface area contributed by atoms with Gasteiger partial charge in [0.2, 0.25) is 0 Å². The molecule has 0 radical (unpaired) electrons. The lowest BCUT2D eigenvalue weighted by Crippen LogP contribution is -2.59. The first-order valence-corrected chi connectivity index (χ1v) is 3.72. The highest BCUT2D eigenvalue weighted by Gasteiger charge is 2.47. The van der Waals surface area contributed by atoms with Crippen LogP contribution in [0.1, 0.15) is 0 Å². The quantitative estimate of drug-likeness (QED) is 0.225. The van der Waals surface area contributed by atoms with Crippen molar-refractivity contribution < 1.29 is 40.1 Å². The fourth-order valence-electron chi connectivity index (χ4n) is 1.11. The first-order chi connectivity index (χ1) is 6.49. The highest BCUT2D eigenvalue weighted by molar-refractivity contribution is 5.75. The number of aliphatic hydroxyl groups excluding tert-OH is 4. The van der Waals surface area contributed by atoms with E-state index in [1.165, 1.54) is 0 Å². The van der Waals surface area contributed by atoms with Crippen LogP contribution in [0.25, 0.3) is 0 Å². The van der Waals surface area contributed by atoms with Gasteiger partial charge in [-0.05, 0) is 0 Å². The van der Waals surface area contributed by atoms with Gasteiger partial charge in [0.1, 0.15) is 18.3 Å². The van der Waals surface area contributed by atoms with Crippen LogP contribution in [0.4, 0.5) is 0 Å². The van der Waals surface area contributed by atoms with E-state index in [4.69, 9.17) is 25.7 Å². The zero-order valence-corrected chi connectivity index (χ0v) is 6.85. The van der Waals surface area contributed by atoms with Gasteiger partial charge in [-0.25, -0.2) is 4.79 Å². The van der Waals surface area contributed by atoms with Gasteiger partial charge in [0.25, 0.3) is 0 Å². The number of rotatable bonds is 1. The second-order valence-corrected chi connectivity index (χ2v) is 2.83. The van der Waals surface area contributed by atoms with E-state index in [2.05, 4.69) is 9.62 Å². The molecule has 1 saturated heterocycles. The Morgan fingerprint density at radius 1 is 1.07 bits per heavy atom. The summed E-state index contributed by atoms with van der Waals surface area (Å²) in [5, 5.41) is 44.2. The van der Waals surface area contributed by atoms with Gasteiger partial charge in [0.15, 0.2) is 12.4 Å². The third-order valence-corrected chi connectivity index (χ3v) is 1.91. The molecule has 1 unspecified atom stereocenters. The van der Waals surface area contributed by atoms with Crippen molar-refractivity contribution in [3.8, 4) is 0 Å². The van der Waals surface area contributed by atoms with E-state index in [1.807, 2.05) is 0 Å². The lowest BCUT2D eigenvalue weighted by molar-refractivity contribution is -0.300. The summed E-state index contributed by atoms with van der Waals surface area (Å²) >= 11 is 0. The van der Waals surface area contributed by atoms with Crippen LogP contribution in [0.15, 0.2) is 0 Å². The largest absolute Gasteiger partial charge is 0.387 e. The van der Waals surface area contributed by atoms with Crippen molar-refractivity contribution in [2.24, 2.45) is 0 Å². The summed E-state index contributed by atoms with van der Waals surface area (Å²) in [6, 6.07) is 0. The number of hydrogen-bond acceptors (Lipinski definition) is 8. The van der Waals surface area contributed by atoms with Crippen molar-refractivity contribution in [2.75, 3.05) is 0 Å². The van der Waals surface area contributed by atoms with E-state index >= 15 is 0 Å². The molecule has 1 aliphatic rings. The van der Waals surface area contributed by atoms with Gasteiger partial charge in [-0.3, -0.25) is 4.89 Å². The Kier molecular flexibility index (Phi) is 3.37. The molecule has 8 nitrogen and oxygen atoms in total. The van der Waals surface area contributed by atoms with E-state index in [0.29, 0.717) is 0 Å². The Hall–Kier alpha value is -0.770. The first-order valence-electron chi connectivity index (χ1n) is 3.72. The van der Waals surface area contributed by atoms with E-state index in [-0.39, 0.29) is 0 Å². The summed E-state index contributed by atoms with van der Waals surface area (Å²) in [5.41, 5.74) is 0. The molecular weight excluding hydrogens is 200 g/mol. The van der Waals surface area contributed by atoms with Gasteiger partial charge in [0, 0.05) is 0 Å². The van der Waals surface area contributed by atoms with Gasteiger partial charge in [-0.1, -0.05) is 0 Å². The van der Waals surface area contributed by atoms with E-state index in [9.17, 15) is 4.79 Å². The molecule has 5 N–H and O–H groups in total. The fourth-order valence-corrected chi connectivity index (χ4v) is 1.11. The smallest absolute Gasteiger partial charge is 0.373 e. The highest BCUT2D eigenvalue weighted by atomic mass is 17.1. The monoisotopic (exact) mass is 210 g/mol. The van der Waals surface area contributed by atoms with Crippen molar-refractivity contribution in [3.63, 3.8) is 0 Å². The third kappa shape index (κ3) is 1.85. The second-order valence-electron chi connectivity index (χ2n) is 2.83. The zero-order chi connectivity index (χ0) is 10.9. The van der Waals surface area contributed by atoms with Crippen LogP contribution in [0.5, 0.6) is 0 Å². The van der Waals surface area contributed by atoms with E-state index in [1.54, 1.807) is 0 Å². The Morgan fingerprint density at radius 3 is 2.14 bits per heavy atom. The number of ether oxygens (including phenoxy) is 1. The number of aliphatic hydroxyl groups is 4. The van der Waals surface area contributed by atoms with Crippen LogP contribution in [-0.2, 0) is 14.4 Å². The average molecular weight is 210 g/mol. The Morgan fingerprint density at radius 2 is 1.64 bits per heavy atom. The molecule has 0 aromatic rings. The molecular formula is C6H10O8. The van der Waals surface area contributed by atoms with Gasteiger partial charge >= 0.3 is 5.97 Å². The average Bonchev–Trinajstić information content (AvgIpc) is 2.19. The molecule has 0 amide bonds. The molecule has 0 bridgehead atoms. The maximum absolute atomic E-state index is 10.7. The van der Waals surface area contributed by atoms with Crippen LogP contribution in [0.3, 0.4) is 0 Å². The maximum atomic E-state index is 10.7. The summed E-state index contributed by atoms with van der Waals surface area (Å²) in [5.74, 6) is -1.37. The van der Waals surface area contributed by atoms with E-state index < -0.39 is 36.7 Å². The molecule has 1 heterocycles. The standard InChI is InChI=1S/C6H10O8/c7-1-2(8)4(6(11)14-12)13-5(10)3(1)9/h1-5,7-10,12H/t1-,2?,3-,4-,5+/m1/s1. The molecule has 8 heteroatoms. The Bertz CT molecular complexity index is 218. The van der Waals surface area contributed by atoms with Crippen LogP contribution < -0.4 is 0 Å². The fraction of sp³-hybridized carbons (Fsp3) is 0.833. The number of carbonyl (C=O) groups excluding carboxylic acids is 1. The normalized spacial score (nSPS) is 43.4. The molecule has 82 valence electrons. The van der Waals surface area contributed by atoms with Crippen LogP contribution in [0, 0.1) is 0 Å². The predicted octanol–water partition coefficient (Wildman–Crippen LogP) is -3.20. The minimum absolute atomic E-state index is 1.37. The predicted molar refractivity (Wildman–Crippen MR) is 37.6 cm³/mol. The summed E-state index contributed by atoms with van der Waals surface area (Å²) < 4.78 is 4.39. The minimum Gasteiger partial charge on any atom is -0.387 e.